The lowest BCUT2D eigenvalue weighted by atomic mass is 10.1. The molecule has 1 aromatic carbocycles. The molecule has 0 saturated heterocycles. The van der Waals surface area contributed by atoms with Gasteiger partial charge in [-0.05, 0) is 37.1 Å². The van der Waals surface area contributed by atoms with E-state index in [-0.39, 0.29) is 5.69 Å². The van der Waals surface area contributed by atoms with Gasteiger partial charge in [-0.3, -0.25) is 4.72 Å². The van der Waals surface area contributed by atoms with Gasteiger partial charge in [0.2, 0.25) is 0 Å². The Balaban J connectivity index is 3.13. The number of benzene rings is 1. The minimum absolute atomic E-state index is 0.118. The average molecular weight is 250 g/mol. The van der Waals surface area contributed by atoms with Crippen molar-refractivity contribution in [2.45, 2.75) is 19.6 Å². The Morgan fingerprint density at radius 2 is 1.81 bits per heavy atom. The molecule has 0 fully saturated rings. The normalized spacial score (nSPS) is 11.8. The third-order valence-electron chi connectivity index (χ3n) is 2.10. The smallest absolute Gasteiger partial charge is 0.355 e. The summed E-state index contributed by atoms with van der Waals surface area (Å²) < 4.78 is 48.0. The molecule has 0 unspecified atom stereocenters. The van der Waals surface area contributed by atoms with Crippen molar-refractivity contribution in [3.05, 3.63) is 23.3 Å². The predicted molar refractivity (Wildman–Crippen MR) is 58.9 cm³/mol. The number of sulfonamides is 1. The van der Waals surface area contributed by atoms with E-state index in [0.717, 1.165) is 0 Å². The number of anilines is 2. The summed E-state index contributed by atoms with van der Waals surface area (Å²) >= 11 is 0. The van der Waals surface area contributed by atoms with Gasteiger partial charge in [0.25, 0.3) is 10.0 Å². The van der Waals surface area contributed by atoms with Gasteiger partial charge in [-0.2, -0.15) is 8.78 Å². The molecular formula is C9H12F2N2O2S. The van der Waals surface area contributed by atoms with Crippen molar-refractivity contribution in [3.8, 4) is 0 Å². The van der Waals surface area contributed by atoms with E-state index in [1.54, 1.807) is 13.8 Å². The number of hydrogen-bond donors (Lipinski definition) is 2. The first kappa shape index (κ1) is 12.7. The Labute approximate surface area is 92.5 Å². The van der Waals surface area contributed by atoms with Gasteiger partial charge in [0.1, 0.15) is 0 Å². The maximum Gasteiger partial charge on any atom is 0.355 e. The Hall–Kier alpha value is -1.37. The van der Waals surface area contributed by atoms with Crippen LogP contribution in [0, 0.1) is 13.8 Å². The quantitative estimate of drug-likeness (QED) is 0.804. The molecule has 0 atom stereocenters. The molecule has 16 heavy (non-hydrogen) atoms. The third-order valence-corrected chi connectivity index (χ3v) is 3.07. The van der Waals surface area contributed by atoms with E-state index in [2.05, 4.69) is 0 Å². The van der Waals surface area contributed by atoms with Gasteiger partial charge >= 0.3 is 5.76 Å². The largest absolute Gasteiger partial charge is 0.399 e. The Bertz CT molecular complexity index is 500. The first-order valence-electron chi connectivity index (χ1n) is 4.40. The molecule has 90 valence electrons. The number of alkyl halides is 2. The number of rotatable bonds is 3. The van der Waals surface area contributed by atoms with Crippen LogP contribution in [0.3, 0.4) is 0 Å². The van der Waals surface area contributed by atoms with E-state index < -0.39 is 15.8 Å². The lowest BCUT2D eigenvalue weighted by Gasteiger charge is -2.12. The molecule has 0 bridgehead atoms. The molecule has 0 radical (unpaired) electrons. The highest BCUT2D eigenvalue weighted by molar-refractivity contribution is 7.93. The van der Waals surface area contributed by atoms with Crippen LogP contribution in [0.2, 0.25) is 0 Å². The van der Waals surface area contributed by atoms with Gasteiger partial charge in [-0.15, -0.1) is 0 Å². The lowest BCUT2D eigenvalue weighted by Crippen LogP contribution is -2.21. The predicted octanol–water partition coefficient (Wildman–Crippen LogP) is 1.85. The standard InChI is InChI=1S/C9H12F2N2O2S/c1-5-4-8(6(2)3-7(5)12)13-16(14,15)9(10)11/h3-4,9,13H,12H2,1-2H3. The molecule has 0 heterocycles. The molecular weight excluding hydrogens is 238 g/mol. The van der Waals surface area contributed by atoms with E-state index in [9.17, 15) is 17.2 Å². The average Bonchev–Trinajstić information content (AvgIpc) is 2.13. The zero-order valence-electron chi connectivity index (χ0n) is 8.79. The molecule has 1 rings (SSSR count). The molecule has 0 aliphatic carbocycles. The number of halogens is 2. The monoisotopic (exact) mass is 250 g/mol. The summed E-state index contributed by atoms with van der Waals surface area (Å²) in [6.07, 6.45) is 0. The van der Waals surface area contributed by atoms with Gasteiger partial charge in [-0.1, -0.05) is 0 Å². The van der Waals surface area contributed by atoms with Crippen LogP contribution in [0.1, 0.15) is 11.1 Å². The second kappa shape index (κ2) is 4.25. The highest BCUT2D eigenvalue weighted by Crippen LogP contribution is 2.24. The maximum atomic E-state index is 12.1. The van der Waals surface area contributed by atoms with Crippen LogP contribution in [-0.4, -0.2) is 14.2 Å². The zero-order chi connectivity index (χ0) is 12.5. The van der Waals surface area contributed by atoms with Gasteiger partial charge in [-0.25, -0.2) is 8.42 Å². The topological polar surface area (TPSA) is 72.2 Å². The zero-order valence-corrected chi connectivity index (χ0v) is 9.61. The number of nitrogens with two attached hydrogens (primary N) is 1. The highest BCUT2D eigenvalue weighted by atomic mass is 32.2. The Morgan fingerprint density at radius 3 is 2.31 bits per heavy atom. The molecule has 0 saturated carbocycles. The molecule has 0 aliphatic heterocycles. The van der Waals surface area contributed by atoms with Crippen LogP contribution in [0.4, 0.5) is 20.2 Å². The summed E-state index contributed by atoms with van der Waals surface area (Å²) in [7, 11) is -4.63. The summed E-state index contributed by atoms with van der Waals surface area (Å²) in [4.78, 5) is 0. The van der Waals surface area contributed by atoms with Crippen molar-refractivity contribution < 1.29 is 17.2 Å². The Kier molecular flexibility index (Phi) is 3.37. The van der Waals surface area contributed by atoms with E-state index in [4.69, 9.17) is 5.73 Å². The number of nitrogens with one attached hydrogen (secondary N) is 1. The number of aryl methyl sites for hydroxylation is 2. The van der Waals surface area contributed by atoms with Crippen molar-refractivity contribution in [2.24, 2.45) is 0 Å². The summed E-state index contributed by atoms with van der Waals surface area (Å²) in [5, 5.41) is 0. The molecule has 0 aliphatic rings. The van der Waals surface area contributed by atoms with Crippen LogP contribution in [-0.2, 0) is 10.0 Å². The highest BCUT2D eigenvalue weighted by Gasteiger charge is 2.24. The van der Waals surface area contributed by atoms with Crippen molar-refractivity contribution >= 4 is 21.4 Å². The molecule has 1 aromatic rings. The second-order valence-electron chi connectivity index (χ2n) is 3.43. The maximum absolute atomic E-state index is 12.1. The fourth-order valence-corrected chi connectivity index (χ4v) is 1.76. The van der Waals surface area contributed by atoms with E-state index in [1.165, 1.54) is 12.1 Å². The second-order valence-corrected chi connectivity index (χ2v) is 5.08. The van der Waals surface area contributed by atoms with Crippen LogP contribution in [0.15, 0.2) is 12.1 Å². The van der Waals surface area contributed by atoms with E-state index in [1.807, 2.05) is 4.72 Å². The van der Waals surface area contributed by atoms with Gasteiger partial charge < -0.3 is 5.73 Å². The van der Waals surface area contributed by atoms with Gasteiger partial charge in [0.05, 0.1) is 5.69 Å². The third kappa shape index (κ3) is 2.60. The molecule has 0 spiro atoms. The van der Waals surface area contributed by atoms with Crippen molar-refractivity contribution in [1.29, 1.82) is 0 Å². The molecule has 0 aromatic heterocycles. The van der Waals surface area contributed by atoms with Crippen molar-refractivity contribution in [2.75, 3.05) is 10.5 Å². The fourth-order valence-electron chi connectivity index (χ4n) is 1.15. The first-order valence-corrected chi connectivity index (χ1v) is 5.95. The van der Waals surface area contributed by atoms with E-state index >= 15 is 0 Å². The van der Waals surface area contributed by atoms with E-state index in [0.29, 0.717) is 16.8 Å². The minimum Gasteiger partial charge on any atom is -0.399 e. The fraction of sp³-hybridized carbons (Fsp3) is 0.333. The Morgan fingerprint density at radius 1 is 1.25 bits per heavy atom. The molecule has 0 amide bonds. The van der Waals surface area contributed by atoms with Crippen LogP contribution < -0.4 is 10.5 Å². The minimum atomic E-state index is -4.63. The van der Waals surface area contributed by atoms with Crippen LogP contribution in [0.5, 0.6) is 0 Å². The van der Waals surface area contributed by atoms with Gasteiger partial charge in [0, 0.05) is 5.69 Å². The lowest BCUT2D eigenvalue weighted by molar-refractivity contribution is 0.236. The molecule has 4 nitrogen and oxygen atoms in total. The van der Waals surface area contributed by atoms with Crippen LogP contribution >= 0.6 is 0 Å². The number of hydrogen-bond acceptors (Lipinski definition) is 3. The molecule has 7 heteroatoms. The summed E-state index contributed by atoms with van der Waals surface area (Å²) in [5.74, 6) is -3.45. The summed E-state index contributed by atoms with van der Waals surface area (Å²) in [6, 6.07) is 2.95. The van der Waals surface area contributed by atoms with Crippen LogP contribution in [0.25, 0.3) is 0 Å². The number of nitrogen functional groups attached to an aromatic ring is 1. The summed E-state index contributed by atoms with van der Waals surface area (Å²) in [6.45, 7) is 3.24. The van der Waals surface area contributed by atoms with Crippen molar-refractivity contribution in [1.82, 2.24) is 0 Å². The summed E-state index contributed by atoms with van der Waals surface area (Å²) in [5.41, 5.74) is 7.30. The van der Waals surface area contributed by atoms with Gasteiger partial charge in [0.15, 0.2) is 0 Å². The first-order chi connectivity index (χ1) is 7.24. The molecule has 3 N–H and O–H groups in total. The van der Waals surface area contributed by atoms with Crippen molar-refractivity contribution in [3.63, 3.8) is 0 Å². The SMILES string of the molecule is Cc1cc(NS(=O)(=O)C(F)F)c(C)cc1N.